The summed E-state index contributed by atoms with van der Waals surface area (Å²) in [5, 5.41) is 6.10. The van der Waals surface area contributed by atoms with E-state index in [-0.39, 0.29) is 5.91 Å². The topological polar surface area (TPSA) is 68.8 Å². The summed E-state index contributed by atoms with van der Waals surface area (Å²) in [5.74, 6) is 2.56. The Balaban J connectivity index is 1.27. The molecule has 4 rings (SSSR count). The fraction of sp³-hybridized carbons (Fsp3) is 0.0690. The summed E-state index contributed by atoms with van der Waals surface area (Å²) in [7, 11) is 1.57. The van der Waals surface area contributed by atoms with Crippen molar-refractivity contribution in [1.82, 2.24) is 0 Å². The van der Waals surface area contributed by atoms with E-state index in [0.717, 1.165) is 17.1 Å². The minimum absolute atomic E-state index is 0.212. The van der Waals surface area contributed by atoms with Gasteiger partial charge in [-0.15, -0.1) is 0 Å². The predicted octanol–water partition coefficient (Wildman–Crippen LogP) is 6.74. The second-order valence-electron chi connectivity index (χ2n) is 7.67. The van der Waals surface area contributed by atoms with Crippen LogP contribution in [0.25, 0.3) is 0 Å². The van der Waals surface area contributed by atoms with Crippen molar-refractivity contribution in [2.24, 2.45) is 0 Å². The highest BCUT2D eigenvalue weighted by Crippen LogP contribution is 2.25. The molecule has 0 aliphatic rings. The summed E-state index contributed by atoms with van der Waals surface area (Å²) in [6.07, 6.45) is 0. The van der Waals surface area contributed by atoms with E-state index in [1.165, 1.54) is 0 Å². The van der Waals surface area contributed by atoms with Gasteiger partial charge in [-0.25, -0.2) is 0 Å². The zero-order chi connectivity index (χ0) is 24.5. The van der Waals surface area contributed by atoms with E-state index in [1.807, 2.05) is 54.6 Å². The van der Waals surface area contributed by atoms with Crippen LogP contribution in [0.4, 0.5) is 11.4 Å². The summed E-state index contributed by atoms with van der Waals surface area (Å²) < 4.78 is 16.8. The average molecular weight is 467 g/mol. The number of hydrogen-bond donors (Lipinski definition) is 2. The molecule has 0 aromatic heterocycles. The molecule has 0 radical (unpaired) electrons. The molecule has 0 bridgehead atoms. The Morgan fingerprint density at radius 1 is 0.714 bits per heavy atom. The first-order valence-electron chi connectivity index (χ1n) is 11.0. The molecule has 0 unspecified atom stereocenters. The van der Waals surface area contributed by atoms with E-state index in [1.54, 1.807) is 55.6 Å². The van der Waals surface area contributed by atoms with Crippen LogP contribution in [-0.4, -0.2) is 19.6 Å². The van der Waals surface area contributed by atoms with Gasteiger partial charge < -0.3 is 24.8 Å². The Bertz CT molecular complexity index is 1270. The zero-order valence-electron chi connectivity index (χ0n) is 19.4. The van der Waals surface area contributed by atoms with E-state index in [2.05, 4.69) is 17.2 Å². The van der Waals surface area contributed by atoms with Crippen molar-refractivity contribution < 1.29 is 19.0 Å². The quantitative estimate of drug-likeness (QED) is 0.271. The molecule has 0 heterocycles. The lowest BCUT2D eigenvalue weighted by atomic mass is 10.2. The molecule has 35 heavy (non-hydrogen) atoms. The van der Waals surface area contributed by atoms with E-state index in [9.17, 15) is 4.79 Å². The van der Waals surface area contributed by atoms with Gasteiger partial charge in [0.25, 0.3) is 5.91 Å². The summed E-state index contributed by atoms with van der Waals surface area (Å²) in [4.78, 5) is 12.5. The maximum absolute atomic E-state index is 12.5. The maximum atomic E-state index is 12.5. The second-order valence-corrected chi connectivity index (χ2v) is 7.67. The van der Waals surface area contributed by atoms with Gasteiger partial charge in [0, 0.05) is 22.6 Å². The number of nitrogens with one attached hydrogen (secondary N) is 2. The van der Waals surface area contributed by atoms with Gasteiger partial charge >= 0.3 is 0 Å². The van der Waals surface area contributed by atoms with Crippen LogP contribution < -0.4 is 24.8 Å². The summed E-state index contributed by atoms with van der Waals surface area (Å²) in [5.41, 5.74) is 2.82. The predicted molar refractivity (Wildman–Crippen MR) is 139 cm³/mol. The van der Waals surface area contributed by atoms with Crippen LogP contribution in [0.5, 0.6) is 23.0 Å². The third-order valence-corrected chi connectivity index (χ3v) is 5.01. The van der Waals surface area contributed by atoms with Gasteiger partial charge in [0.05, 0.1) is 7.11 Å². The van der Waals surface area contributed by atoms with Crippen LogP contribution in [0.3, 0.4) is 0 Å². The molecule has 2 N–H and O–H groups in total. The molecule has 0 saturated heterocycles. The number of ether oxygens (including phenoxy) is 3. The molecule has 0 saturated carbocycles. The number of carbonyl (C=O) groups is 1. The van der Waals surface area contributed by atoms with Crippen LogP contribution in [0.2, 0.25) is 0 Å². The van der Waals surface area contributed by atoms with E-state index >= 15 is 0 Å². The van der Waals surface area contributed by atoms with Crippen molar-refractivity contribution in [1.29, 1.82) is 0 Å². The highest BCUT2D eigenvalue weighted by atomic mass is 16.5. The maximum Gasteiger partial charge on any atom is 0.255 e. The molecular formula is C29H26N2O4. The minimum Gasteiger partial charge on any atom is -0.497 e. The first-order chi connectivity index (χ1) is 17.1. The third kappa shape index (κ3) is 6.88. The van der Waals surface area contributed by atoms with Gasteiger partial charge in [-0.2, -0.15) is 0 Å². The van der Waals surface area contributed by atoms with Gasteiger partial charge in [-0.05, 0) is 78.9 Å². The SMILES string of the molecule is C=C(COc1ccccc1)Nc1ccc(Oc2ccc(NC(=O)c3cccc(OC)c3)cc2)cc1. The van der Waals surface area contributed by atoms with E-state index in [0.29, 0.717) is 35.1 Å². The standard InChI is InChI=1S/C29H26N2O4/c1-21(20-34-25-8-4-3-5-9-25)30-23-11-15-26(16-12-23)35-27-17-13-24(14-18-27)31-29(32)22-7-6-10-28(19-22)33-2/h3-19,30H,1,20H2,2H3,(H,31,32). The Hall–Kier alpha value is -4.71. The van der Waals surface area contributed by atoms with Crippen LogP contribution in [0.15, 0.2) is 115 Å². The molecule has 0 aliphatic heterocycles. The Morgan fingerprint density at radius 3 is 1.94 bits per heavy atom. The third-order valence-electron chi connectivity index (χ3n) is 5.01. The number of para-hydroxylation sites is 1. The zero-order valence-corrected chi connectivity index (χ0v) is 19.4. The highest BCUT2D eigenvalue weighted by Gasteiger charge is 2.08. The fourth-order valence-corrected chi connectivity index (χ4v) is 3.24. The van der Waals surface area contributed by atoms with Crippen molar-refractivity contribution in [3.8, 4) is 23.0 Å². The number of hydrogen-bond acceptors (Lipinski definition) is 5. The number of anilines is 2. The molecule has 0 fully saturated rings. The first-order valence-corrected chi connectivity index (χ1v) is 11.0. The molecule has 4 aromatic rings. The monoisotopic (exact) mass is 466 g/mol. The molecule has 1 amide bonds. The van der Waals surface area contributed by atoms with Crippen molar-refractivity contribution >= 4 is 17.3 Å². The summed E-state index contributed by atoms with van der Waals surface area (Å²) in [6, 6.07) is 31.3. The lowest BCUT2D eigenvalue weighted by Gasteiger charge is -2.12. The fourth-order valence-electron chi connectivity index (χ4n) is 3.24. The summed E-state index contributed by atoms with van der Waals surface area (Å²) in [6.45, 7) is 4.37. The number of benzene rings is 4. The number of methoxy groups -OCH3 is 1. The number of amides is 1. The van der Waals surface area contributed by atoms with Crippen molar-refractivity contribution in [3.05, 3.63) is 121 Å². The lowest BCUT2D eigenvalue weighted by molar-refractivity contribution is 0.102. The van der Waals surface area contributed by atoms with Crippen LogP contribution in [0.1, 0.15) is 10.4 Å². The highest BCUT2D eigenvalue weighted by molar-refractivity contribution is 6.04. The number of carbonyl (C=O) groups excluding carboxylic acids is 1. The second kappa shape index (κ2) is 11.4. The molecule has 0 atom stereocenters. The Morgan fingerprint density at radius 2 is 1.31 bits per heavy atom. The van der Waals surface area contributed by atoms with Crippen molar-refractivity contribution in [3.63, 3.8) is 0 Å². The Kier molecular flexibility index (Phi) is 7.66. The largest absolute Gasteiger partial charge is 0.497 e. The molecule has 0 spiro atoms. The molecular weight excluding hydrogens is 440 g/mol. The van der Waals surface area contributed by atoms with Gasteiger partial charge in [0.15, 0.2) is 0 Å². The van der Waals surface area contributed by atoms with Crippen LogP contribution >= 0.6 is 0 Å². The van der Waals surface area contributed by atoms with Crippen molar-refractivity contribution in [2.75, 3.05) is 24.4 Å². The van der Waals surface area contributed by atoms with E-state index < -0.39 is 0 Å². The number of rotatable bonds is 10. The van der Waals surface area contributed by atoms with Crippen molar-refractivity contribution in [2.45, 2.75) is 0 Å². The lowest BCUT2D eigenvalue weighted by Crippen LogP contribution is -2.11. The van der Waals surface area contributed by atoms with Gasteiger partial charge in [-0.3, -0.25) is 4.79 Å². The smallest absolute Gasteiger partial charge is 0.255 e. The normalized spacial score (nSPS) is 10.2. The van der Waals surface area contributed by atoms with Crippen LogP contribution in [-0.2, 0) is 0 Å². The molecule has 6 nitrogen and oxygen atoms in total. The first kappa shape index (κ1) is 23.4. The molecule has 4 aromatic carbocycles. The van der Waals surface area contributed by atoms with Crippen LogP contribution in [0, 0.1) is 0 Å². The molecule has 6 heteroatoms. The van der Waals surface area contributed by atoms with Gasteiger partial charge in [0.1, 0.15) is 29.6 Å². The van der Waals surface area contributed by atoms with Gasteiger partial charge in [0.2, 0.25) is 0 Å². The summed E-state index contributed by atoms with van der Waals surface area (Å²) >= 11 is 0. The van der Waals surface area contributed by atoms with E-state index in [4.69, 9.17) is 14.2 Å². The average Bonchev–Trinajstić information content (AvgIpc) is 2.90. The molecule has 0 aliphatic carbocycles. The van der Waals surface area contributed by atoms with Gasteiger partial charge in [-0.1, -0.05) is 30.8 Å². The Labute approximate surface area is 204 Å². The minimum atomic E-state index is -0.212. The molecule has 176 valence electrons.